The lowest BCUT2D eigenvalue weighted by Crippen LogP contribution is -2.33. The Kier molecular flexibility index (Phi) is 7.41. The molecular formula is C22H18ClF3N2O4S. The van der Waals surface area contributed by atoms with Crippen LogP contribution in [0.2, 0.25) is 5.02 Å². The molecule has 3 rings (SSSR count). The van der Waals surface area contributed by atoms with E-state index in [-0.39, 0.29) is 34.3 Å². The van der Waals surface area contributed by atoms with Gasteiger partial charge in [-0.1, -0.05) is 41.9 Å². The average Bonchev–Trinajstić information content (AvgIpc) is 2.75. The molecule has 0 saturated heterocycles. The van der Waals surface area contributed by atoms with Crippen LogP contribution in [0.4, 0.5) is 13.2 Å². The highest BCUT2D eigenvalue weighted by molar-refractivity contribution is 7.78. The van der Waals surface area contributed by atoms with E-state index in [4.69, 9.17) is 16.2 Å². The quantitative estimate of drug-likeness (QED) is 0.491. The molecule has 2 N–H and O–H groups in total. The fraction of sp³-hybridized carbons (Fsp3) is 0.182. The number of amides is 1. The van der Waals surface area contributed by atoms with Gasteiger partial charge in [-0.05, 0) is 42.3 Å². The van der Waals surface area contributed by atoms with Crippen molar-refractivity contribution in [2.75, 3.05) is 0 Å². The molecule has 1 aromatic heterocycles. The number of aromatic nitrogens is 1. The van der Waals surface area contributed by atoms with Crippen LogP contribution in [-0.2, 0) is 29.6 Å². The molecule has 6 nitrogen and oxygen atoms in total. The highest BCUT2D eigenvalue weighted by atomic mass is 35.5. The first-order chi connectivity index (χ1) is 15.5. The van der Waals surface area contributed by atoms with Gasteiger partial charge in [-0.15, -0.1) is 0 Å². The SMILES string of the molecule is Cc1c(Cl)cc(C(=O)NCc2ccc(CS(=O)O)cc2)c(=O)n1-c1cccc(C(F)(F)F)c1. The molecule has 1 heterocycles. The number of benzene rings is 2. The molecule has 174 valence electrons. The number of hydrogen-bond donors (Lipinski definition) is 2. The van der Waals surface area contributed by atoms with Crippen molar-refractivity contribution in [3.63, 3.8) is 0 Å². The Bertz CT molecular complexity index is 1270. The predicted molar refractivity (Wildman–Crippen MR) is 119 cm³/mol. The second-order valence-electron chi connectivity index (χ2n) is 7.15. The van der Waals surface area contributed by atoms with E-state index in [0.717, 1.165) is 16.7 Å². The molecule has 0 aliphatic heterocycles. The summed E-state index contributed by atoms with van der Waals surface area (Å²) in [6.07, 6.45) is -4.60. The van der Waals surface area contributed by atoms with Crippen LogP contribution >= 0.6 is 11.6 Å². The van der Waals surface area contributed by atoms with Crippen LogP contribution in [0.3, 0.4) is 0 Å². The normalized spacial score (nSPS) is 12.4. The van der Waals surface area contributed by atoms with Crippen molar-refractivity contribution in [2.24, 2.45) is 0 Å². The summed E-state index contributed by atoms with van der Waals surface area (Å²) >= 11 is 4.21. The fourth-order valence-corrected chi connectivity index (χ4v) is 3.81. The fourth-order valence-electron chi connectivity index (χ4n) is 3.14. The molecule has 0 bridgehead atoms. The second kappa shape index (κ2) is 9.90. The summed E-state index contributed by atoms with van der Waals surface area (Å²) in [4.78, 5) is 25.7. The third-order valence-corrected chi connectivity index (χ3v) is 5.79. The predicted octanol–water partition coefficient (Wildman–Crippen LogP) is 4.47. The van der Waals surface area contributed by atoms with E-state index < -0.39 is 34.3 Å². The first-order valence-electron chi connectivity index (χ1n) is 9.50. The Morgan fingerprint density at radius 1 is 1.12 bits per heavy atom. The van der Waals surface area contributed by atoms with Gasteiger partial charge in [0.05, 0.1) is 16.3 Å². The summed E-state index contributed by atoms with van der Waals surface area (Å²) in [7, 11) is 0. The van der Waals surface area contributed by atoms with Gasteiger partial charge in [0, 0.05) is 17.9 Å². The van der Waals surface area contributed by atoms with Crippen LogP contribution in [0, 0.1) is 6.92 Å². The van der Waals surface area contributed by atoms with Gasteiger partial charge in [0.15, 0.2) is 11.1 Å². The number of hydrogen-bond acceptors (Lipinski definition) is 3. The minimum Gasteiger partial charge on any atom is -0.348 e. The molecule has 0 radical (unpaired) electrons. The lowest BCUT2D eigenvalue weighted by atomic mass is 10.1. The highest BCUT2D eigenvalue weighted by Crippen LogP contribution is 2.30. The summed E-state index contributed by atoms with van der Waals surface area (Å²) in [5.74, 6) is -0.771. The first-order valence-corrected chi connectivity index (χ1v) is 11.2. The average molecular weight is 499 g/mol. The largest absolute Gasteiger partial charge is 0.416 e. The van der Waals surface area contributed by atoms with E-state index >= 15 is 0 Å². The second-order valence-corrected chi connectivity index (χ2v) is 8.48. The topological polar surface area (TPSA) is 88.4 Å². The molecule has 1 amide bonds. The minimum absolute atomic E-state index is 0.0242. The van der Waals surface area contributed by atoms with Crippen LogP contribution in [-0.4, -0.2) is 19.2 Å². The number of nitrogens with one attached hydrogen (secondary N) is 1. The zero-order chi connectivity index (χ0) is 24.3. The van der Waals surface area contributed by atoms with E-state index in [0.29, 0.717) is 11.1 Å². The number of halogens is 4. The van der Waals surface area contributed by atoms with Crippen LogP contribution < -0.4 is 10.9 Å². The van der Waals surface area contributed by atoms with Crippen LogP contribution in [0.1, 0.15) is 32.7 Å². The number of carbonyl (C=O) groups is 1. The van der Waals surface area contributed by atoms with Gasteiger partial charge in [0.25, 0.3) is 11.5 Å². The molecular weight excluding hydrogens is 481 g/mol. The van der Waals surface area contributed by atoms with Crippen molar-refractivity contribution in [2.45, 2.75) is 25.4 Å². The van der Waals surface area contributed by atoms with E-state index in [1.54, 1.807) is 24.3 Å². The standard InChI is InChI=1S/C22H18ClF3N2O4S/c1-13-19(23)10-18(20(29)27-11-14-5-7-15(8-6-14)12-33(31)32)21(30)28(13)17-4-2-3-16(9-17)22(24,25)26/h2-10H,11-12H2,1H3,(H,27,29)(H,31,32). The number of pyridine rings is 1. The maximum Gasteiger partial charge on any atom is 0.416 e. The Morgan fingerprint density at radius 2 is 1.76 bits per heavy atom. The molecule has 0 saturated carbocycles. The molecule has 1 unspecified atom stereocenters. The maximum absolute atomic E-state index is 13.1. The molecule has 0 fully saturated rings. The van der Waals surface area contributed by atoms with Crippen molar-refractivity contribution in [1.82, 2.24) is 9.88 Å². The number of nitrogens with zero attached hydrogens (tertiary/aromatic N) is 1. The summed E-state index contributed by atoms with van der Waals surface area (Å²) in [6, 6.07) is 12.0. The first kappa shape index (κ1) is 24.7. The van der Waals surface area contributed by atoms with Gasteiger partial charge in [0.1, 0.15) is 5.56 Å². The molecule has 3 aromatic rings. The molecule has 11 heteroatoms. The molecule has 0 spiro atoms. The van der Waals surface area contributed by atoms with E-state index in [9.17, 15) is 27.0 Å². The molecule has 2 aromatic carbocycles. The molecule has 1 atom stereocenters. The van der Waals surface area contributed by atoms with Crippen LogP contribution in [0.15, 0.2) is 59.4 Å². The smallest absolute Gasteiger partial charge is 0.348 e. The summed E-state index contributed by atoms with van der Waals surface area (Å²) in [5, 5.41) is 2.62. The van der Waals surface area contributed by atoms with Gasteiger partial charge in [-0.3, -0.25) is 14.2 Å². The molecule has 0 aliphatic carbocycles. The third kappa shape index (κ3) is 5.89. The lowest BCUT2D eigenvalue weighted by molar-refractivity contribution is -0.137. The van der Waals surface area contributed by atoms with Crippen molar-refractivity contribution < 1.29 is 26.7 Å². The van der Waals surface area contributed by atoms with Crippen molar-refractivity contribution >= 4 is 28.6 Å². The highest BCUT2D eigenvalue weighted by Gasteiger charge is 2.31. The monoisotopic (exact) mass is 498 g/mol. The third-order valence-electron chi connectivity index (χ3n) is 4.83. The summed E-state index contributed by atoms with van der Waals surface area (Å²) < 4.78 is 60.1. The van der Waals surface area contributed by atoms with Gasteiger partial charge >= 0.3 is 6.18 Å². The van der Waals surface area contributed by atoms with Gasteiger partial charge < -0.3 is 9.87 Å². The zero-order valence-electron chi connectivity index (χ0n) is 17.1. The number of alkyl halides is 3. The maximum atomic E-state index is 13.1. The van der Waals surface area contributed by atoms with E-state index in [2.05, 4.69) is 5.32 Å². The number of carbonyl (C=O) groups excluding carboxylic acids is 1. The Hall–Kier alpha value is -2.95. The Morgan fingerprint density at radius 3 is 2.36 bits per heavy atom. The van der Waals surface area contributed by atoms with Crippen molar-refractivity contribution in [3.05, 3.63) is 97.9 Å². The van der Waals surface area contributed by atoms with Crippen molar-refractivity contribution in [1.29, 1.82) is 0 Å². The summed E-state index contributed by atoms with van der Waals surface area (Å²) in [6.45, 7) is 1.52. The van der Waals surface area contributed by atoms with Crippen LogP contribution in [0.25, 0.3) is 5.69 Å². The molecule has 0 aliphatic rings. The molecule has 33 heavy (non-hydrogen) atoms. The summed E-state index contributed by atoms with van der Waals surface area (Å²) in [5.41, 5.74) is -0.641. The van der Waals surface area contributed by atoms with Gasteiger partial charge in [0.2, 0.25) is 0 Å². The lowest BCUT2D eigenvalue weighted by Gasteiger charge is -2.15. The van der Waals surface area contributed by atoms with E-state index in [1.807, 2.05) is 0 Å². The van der Waals surface area contributed by atoms with Crippen molar-refractivity contribution in [3.8, 4) is 5.69 Å². The van der Waals surface area contributed by atoms with Gasteiger partial charge in [-0.25, -0.2) is 4.21 Å². The Balaban J connectivity index is 1.89. The zero-order valence-corrected chi connectivity index (χ0v) is 18.7. The number of rotatable bonds is 6. The van der Waals surface area contributed by atoms with E-state index in [1.165, 1.54) is 25.1 Å². The Labute approximate surface area is 194 Å². The van der Waals surface area contributed by atoms with Crippen LogP contribution in [0.5, 0.6) is 0 Å². The van der Waals surface area contributed by atoms with Gasteiger partial charge in [-0.2, -0.15) is 13.2 Å². The minimum atomic E-state index is -4.60.